The monoisotopic (exact) mass is 497 g/mol. The van der Waals surface area contributed by atoms with Crippen molar-refractivity contribution >= 4 is 34.8 Å². The molecule has 0 radical (unpaired) electrons. The van der Waals surface area contributed by atoms with Gasteiger partial charge in [0.1, 0.15) is 12.4 Å². The van der Waals surface area contributed by atoms with Crippen molar-refractivity contribution in [1.82, 2.24) is 5.32 Å². The zero-order valence-electron chi connectivity index (χ0n) is 18.1. The fraction of sp³-hybridized carbons (Fsp3) is 0.240. The number of carbonyl (C=O) groups excluding carboxylic acids is 1. The molecule has 5 rings (SSSR count). The van der Waals surface area contributed by atoms with Crippen LogP contribution in [0.4, 0.5) is 5.69 Å². The zero-order chi connectivity index (χ0) is 24.0. The molecule has 7 nitrogen and oxygen atoms in total. The molecule has 2 aliphatic heterocycles. The Hall–Kier alpha value is -3.13. The van der Waals surface area contributed by atoms with Gasteiger partial charge in [-0.2, -0.15) is 0 Å². The molecule has 2 aliphatic rings. The largest absolute Gasteiger partial charge is 0.489 e. The van der Waals surface area contributed by atoms with E-state index in [1.54, 1.807) is 48.5 Å². The highest BCUT2D eigenvalue weighted by molar-refractivity contribution is 6.35. The van der Waals surface area contributed by atoms with Crippen molar-refractivity contribution in [2.24, 2.45) is 0 Å². The van der Waals surface area contributed by atoms with Crippen molar-refractivity contribution in [3.05, 3.63) is 104 Å². The molecule has 1 amide bonds. The van der Waals surface area contributed by atoms with E-state index in [0.29, 0.717) is 32.6 Å². The standard InChI is InChI=1S/C25H21Cl2N3O4/c1-14-22(17-6-2-5-9-21(17)34-13-15-10-11-16(26)12-19(15)27)23(30(32)33)25(29-14)18-7-3-4-8-20(18)28-24(25)31/h2-12,14,22-23,29H,13H2,1H3,(H,28,31)/t14-,22+,23-,25-/m0/s1. The lowest BCUT2D eigenvalue weighted by molar-refractivity contribution is -0.532. The Bertz CT molecular complexity index is 1300. The summed E-state index contributed by atoms with van der Waals surface area (Å²) in [6.45, 7) is 2.02. The maximum atomic E-state index is 13.2. The first-order valence-corrected chi connectivity index (χ1v) is 11.6. The Labute approximate surface area is 206 Å². The molecule has 2 heterocycles. The van der Waals surface area contributed by atoms with Crippen molar-refractivity contribution in [3.8, 4) is 5.75 Å². The Morgan fingerprint density at radius 3 is 2.59 bits per heavy atom. The highest BCUT2D eigenvalue weighted by atomic mass is 35.5. The van der Waals surface area contributed by atoms with Gasteiger partial charge < -0.3 is 10.1 Å². The van der Waals surface area contributed by atoms with Crippen LogP contribution in [0.3, 0.4) is 0 Å². The van der Waals surface area contributed by atoms with Crippen LogP contribution < -0.4 is 15.4 Å². The molecule has 34 heavy (non-hydrogen) atoms. The lowest BCUT2D eigenvalue weighted by Gasteiger charge is -2.26. The van der Waals surface area contributed by atoms with Crippen LogP contribution in [0.15, 0.2) is 66.7 Å². The van der Waals surface area contributed by atoms with Crippen LogP contribution in [0.2, 0.25) is 10.0 Å². The third-order valence-corrected chi connectivity index (χ3v) is 7.23. The number of rotatable bonds is 5. The second-order valence-electron chi connectivity index (χ2n) is 8.56. The van der Waals surface area contributed by atoms with E-state index in [1.807, 2.05) is 25.1 Å². The lowest BCUT2D eigenvalue weighted by Crippen LogP contribution is -2.54. The normalized spacial score (nSPS) is 25.3. The molecule has 3 aromatic carbocycles. The summed E-state index contributed by atoms with van der Waals surface area (Å²) in [5.41, 5.74) is 1.09. The van der Waals surface area contributed by atoms with Crippen molar-refractivity contribution < 1.29 is 14.5 Å². The summed E-state index contributed by atoms with van der Waals surface area (Å²) in [5.74, 6) is -0.539. The minimum absolute atomic E-state index is 0.166. The van der Waals surface area contributed by atoms with Crippen LogP contribution >= 0.6 is 23.2 Å². The van der Waals surface area contributed by atoms with Crippen LogP contribution in [0.1, 0.15) is 29.5 Å². The number of nitro groups is 1. The molecule has 3 aromatic rings. The summed E-state index contributed by atoms with van der Waals surface area (Å²) >= 11 is 12.3. The van der Waals surface area contributed by atoms with Gasteiger partial charge in [-0.05, 0) is 31.2 Å². The molecule has 2 N–H and O–H groups in total. The highest BCUT2D eigenvalue weighted by Crippen LogP contribution is 2.51. The smallest absolute Gasteiger partial charge is 0.256 e. The fourth-order valence-electron chi connectivity index (χ4n) is 5.20. The number of halogens is 2. The average Bonchev–Trinajstić information content (AvgIpc) is 3.27. The van der Waals surface area contributed by atoms with Gasteiger partial charge in [0, 0.05) is 43.4 Å². The number of hydrogen-bond donors (Lipinski definition) is 2. The average molecular weight is 498 g/mol. The van der Waals surface area contributed by atoms with E-state index in [9.17, 15) is 14.9 Å². The van der Waals surface area contributed by atoms with E-state index in [4.69, 9.17) is 27.9 Å². The number of para-hydroxylation sites is 2. The lowest BCUT2D eigenvalue weighted by atomic mass is 9.78. The fourth-order valence-corrected chi connectivity index (χ4v) is 5.67. The number of nitrogens with zero attached hydrogens (tertiary/aromatic N) is 1. The van der Waals surface area contributed by atoms with E-state index in [2.05, 4.69) is 10.6 Å². The van der Waals surface area contributed by atoms with Gasteiger partial charge in [0.15, 0.2) is 5.54 Å². The SMILES string of the molecule is C[C@@H]1N[C@]2(C(=O)Nc3ccccc32)[C@@H]([N+](=O)[O-])[C@H]1c1ccccc1OCc1ccc(Cl)cc1Cl. The van der Waals surface area contributed by atoms with Crippen LogP contribution in [0.5, 0.6) is 5.75 Å². The third-order valence-electron chi connectivity index (χ3n) is 6.64. The molecule has 1 spiro atoms. The maximum absolute atomic E-state index is 13.2. The summed E-state index contributed by atoms with van der Waals surface area (Å²) in [6, 6.07) is 17.8. The molecule has 0 unspecified atom stereocenters. The number of amides is 1. The first kappa shape index (κ1) is 22.7. The second kappa shape index (κ2) is 8.58. The topological polar surface area (TPSA) is 93.5 Å². The summed E-state index contributed by atoms with van der Waals surface area (Å²) in [4.78, 5) is 25.4. The number of benzene rings is 3. The number of fused-ring (bicyclic) bond motifs is 2. The van der Waals surface area contributed by atoms with Gasteiger partial charge in [-0.25, -0.2) is 0 Å². The minimum atomic E-state index is -1.48. The predicted molar refractivity (Wildman–Crippen MR) is 130 cm³/mol. The molecule has 174 valence electrons. The first-order chi connectivity index (χ1) is 16.3. The van der Waals surface area contributed by atoms with E-state index in [-0.39, 0.29) is 17.6 Å². The van der Waals surface area contributed by atoms with E-state index >= 15 is 0 Å². The van der Waals surface area contributed by atoms with Gasteiger partial charge in [-0.1, -0.05) is 65.7 Å². The van der Waals surface area contributed by atoms with Crippen molar-refractivity contribution in [1.29, 1.82) is 0 Å². The summed E-state index contributed by atoms with van der Waals surface area (Å²) in [6.07, 6.45) is 0. The number of carbonyl (C=O) groups is 1. The molecular weight excluding hydrogens is 477 g/mol. The summed E-state index contributed by atoms with van der Waals surface area (Å²) < 4.78 is 6.10. The number of nitrogens with one attached hydrogen (secondary N) is 2. The molecule has 1 saturated heterocycles. The van der Waals surface area contributed by atoms with Gasteiger partial charge in [0.05, 0.1) is 5.92 Å². The Balaban J connectivity index is 1.54. The first-order valence-electron chi connectivity index (χ1n) is 10.8. The zero-order valence-corrected chi connectivity index (χ0v) is 19.6. The molecule has 0 saturated carbocycles. The highest BCUT2D eigenvalue weighted by Gasteiger charge is 2.67. The number of hydrogen-bond acceptors (Lipinski definition) is 5. The van der Waals surface area contributed by atoms with Crippen molar-refractivity contribution in [3.63, 3.8) is 0 Å². The van der Waals surface area contributed by atoms with Gasteiger partial charge in [0.25, 0.3) is 11.9 Å². The van der Waals surface area contributed by atoms with Gasteiger partial charge in [0.2, 0.25) is 0 Å². The van der Waals surface area contributed by atoms with Crippen LogP contribution in [-0.4, -0.2) is 22.9 Å². The summed E-state index contributed by atoms with van der Waals surface area (Å²) in [5, 5.41) is 19.6. The quantitative estimate of drug-likeness (QED) is 0.375. The predicted octanol–water partition coefficient (Wildman–Crippen LogP) is 5.14. The van der Waals surface area contributed by atoms with Gasteiger partial charge in [-0.15, -0.1) is 0 Å². The number of ether oxygens (including phenoxy) is 1. The van der Waals surface area contributed by atoms with E-state index < -0.39 is 23.4 Å². The van der Waals surface area contributed by atoms with Crippen LogP contribution in [-0.2, 0) is 16.9 Å². The molecule has 1 fully saturated rings. The molecule has 0 aromatic heterocycles. The van der Waals surface area contributed by atoms with Gasteiger partial charge in [-0.3, -0.25) is 20.2 Å². The maximum Gasteiger partial charge on any atom is 0.256 e. The van der Waals surface area contributed by atoms with Crippen molar-refractivity contribution in [2.45, 2.75) is 37.1 Å². The minimum Gasteiger partial charge on any atom is -0.489 e. The van der Waals surface area contributed by atoms with Crippen molar-refractivity contribution in [2.75, 3.05) is 5.32 Å². The Kier molecular flexibility index (Phi) is 5.72. The molecular formula is C25H21Cl2N3O4. The Morgan fingerprint density at radius 1 is 1.09 bits per heavy atom. The molecule has 0 aliphatic carbocycles. The summed E-state index contributed by atoms with van der Waals surface area (Å²) in [7, 11) is 0. The van der Waals surface area contributed by atoms with Crippen LogP contribution in [0.25, 0.3) is 0 Å². The van der Waals surface area contributed by atoms with E-state index in [0.717, 1.165) is 5.56 Å². The van der Waals surface area contributed by atoms with Crippen LogP contribution in [0, 0.1) is 10.1 Å². The van der Waals surface area contributed by atoms with Gasteiger partial charge >= 0.3 is 0 Å². The number of anilines is 1. The molecule has 9 heteroatoms. The molecule has 4 atom stereocenters. The third kappa shape index (κ3) is 3.52. The van der Waals surface area contributed by atoms with E-state index in [1.165, 1.54) is 0 Å². The second-order valence-corrected chi connectivity index (χ2v) is 9.40. The Morgan fingerprint density at radius 2 is 1.82 bits per heavy atom. The molecule has 0 bridgehead atoms.